The topological polar surface area (TPSA) is 163 Å². The first-order valence-corrected chi connectivity index (χ1v) is 12.3. The Balaban J connectivity index is 1.39. The predicted octanol–water partition coefficient (Wildman–Crippen LogP) is 2.27. The number of carbonyl (C=O) groups is 4. The van der Waals surface area contributed by atoms with E-state index in [4.69, 9.17) is 4.74 Å². The van der Waals surface area contributed by atoms with Gasteiger partial charge in [-0.3, -0.25) is 14.4 Å². The molecule has 5 N–H and O–H groups in total. The highest BCUT2D eigenvalue weighted by Crippen LogP contribution is 2.22. The van der Waals surface area contributed by atoms with E-state index >= 15 is 0 Å². The fourth-order valence-electron chi connectivity index (χ4n) is 3.69. The van der Waals surface area contributed by atoms with Gasteiger partial charge in [0.05, 0.1) is 34.2 Å². The fourth-order valence-corrected chi connectivity index (χ4v) is 4.68. The highest BCUT2D eigenvalue weighted by atomic mass is 32.1. The molecule has 1 unspecified atom stereocenters. The molecule has 0 aliphatic heterocycles. The lowest BCUT2D eigenvalue weighted by atomic mass is 10.1. The largest absolute Gasteiger partial charge is 0.508 e. The number of nitrogens with zero attached hydrogens (tertiary/aromatic N) is 1. The van der Waals surface area contributed by atoms with Gasteiger partial charge in [0.1, 0.15) is 11.8 Å². The zero-order chi connectivity index (χ0) is 27.2. The van der Waals surface area contributed by atoms with Crippen LogP contribution in [0.25, 0.3) is 11.0 Å². The number of H-pyrrole nitrogens is 1. The maximum Gasteiger partial charge on any atom is 0.330 e. The Morgan fingerprint density at radius 3 is 2.63 bits per heavy atom. The van der Waals surface area contributed by atoms with Crippen LogP contribution in [0.15, 0.2) is 54.9 Å². The normalized spacial score (nSPS) is 11.5. The van der Waals surface area contributed by atoms with Gasteiger partial charge in [-0.05, 0) is 54.4 Å². The van der Waals surface area contributed by atoms with Crippen LogP contribution in [-0.2, 0) is 16.1 Å². The highest BCUT2D eigenvalue weighted by Gasteiger charge is 2.26. The second-order valence-corrected chi connectivity index (χ2v) is 9.42. The number of esters is 1. The molecule has 11 nitrogen and oxygen atoms in total. The Kier molecular flexibility index (Phi) is 8.02. The standard InChI is InChI=1S/C26H25N5O6S/c1-14-8-21(24(34)27-11-15-4-3-5-17(32)9-15)38-22(14)25(35)31-20(26(36)37-2)12-28-23(33)16-6-7-18-19(10-16)30-13-29-18/h3-10,13,20,32H,11-12H2,1-2H3,(H,27,34)(H,28,33)(H,29,30)(H,31,35). The number of aryl methyl sites for hydroxylation is 1. The van der Waals surface area contributed by atoms with Crippen molar-refractivity contribution in [1.29, 1.82) is 0 Å². The van der Waals surface area contributed by atoms with Gasteiger partial charge >= 0.3 is 5.97 Å². The molecular weight excluding hydrogens is 510 g/mol. The van der Waals surface area contributed by atoms with Crippen molar-refractivity contribution in [3.8, 4) is 5.75 Å². The van der Waals surface area contributed by atoms with Crippen molar-refractivity contribution in [2.75, 3.05) is 13.7 Å². The minimum Gasteiger partial charge on any atom is -0.508 e. The predicted molar refractivity (Wildman–Crippen MR) is 140 cm³/mol. The van der Waals surface area contributed by atoms with Crippen LogP contribution in [-0.4, -0.2) is 58.5 Å². The maximum atomic E-state index is 13.0. The van der Waals surface area contributed by atoms with Gasteiger partial charge in [0.2, 0.25) is 0 Å². The molecule has 0 aliphatic carbocycles. The highest BCUT2D eigenvalue weighted by molar-refractivity contribution is 7.16. The Hall–Kier alpha value is -4.71. The third kappa shape index (κ3) is 6.16. The number of hydrogen-bond acceptors (Lipinski definition) is 8. The quantitative estimate of drug-likeness (QED) is 0.205. The number of aromatic nitrogens is 2. The minimum atomic E-state index is -1.16. The second-order valence-electron chi connectivity index (χ2n) is 8.37. The lowest BCUT2D eigenvalue weighted by Gasteiger charge is -2.17. The zero-order valence-corrected chi connectivity index (χ0v) is 21.3. The number of thiophene rings is 1. The van der Waals surface area contributed by atoms with Gasteiger partial charge in [0.25, 0.3) is 17.7 Å². The number of benzene rings is 2. The summed E-state index contributed by atoms with van der Waals surface area (Å²) in [5.74, 6) is -2.05. The molecule has 0 bridgehead atoms. The summed E-state index contributed by atoms with van der Waals surface area (Å²) in [5.41, 5.74) is 3.02. The monoisotopic (exact) mass is 535 g/mol. The molecule has 0 saturated carbocycles. The summed E-state index contributed by atoms with van der Waals surface area (Å²) < 4.78 is 4.79. The van der Waals surface area contributed by atoms with Gasteiger partial charge in [-0.2, -0.15) is 0 Å². The first-order valence-electron chi connectivity index (χ1n) is 11.5. The molecule has 1 atom stereocenters. The minimum absolute atomic E-state index is 0.0953. The van der Waals surface area contributed by atoms with E-state index in [1.54, 1.807) is 49.4 Å². The van der Waals surface area contributed by atoms with Crippen LogP contribution in [0.2, 0.25) is 0 Å². The van der Waals surface area contributed by atoms with Crippen molar-refractivity contribution in [2.45, 2.75) is 19.5 Å². The average Bonchev–Trinajstić information content (AvgIpc) is 3.55. The molecule has 4 rings (SSSR count). The zero-order valence-electron chi connectivity index (χ0n) is 20.5. The third-order valence-electron chi connectivity index (χ3n) is 5.65. The lowest BCUT2D eigenvalue weighted by Crippen LogP contribution is -2.48. The summed E-state index contributed by atoms with van der Waals surface area (Å²) in [6.45, 7) is 1.67. The molecule has 2 aromatic carbocycles. The number of phenols is 1. The third-order valence-corrected chi connectivity index (χ3v) is 6.89. The van der Waals surface area contributed by atoms with Crippen LogP contribution in [0.1, 0.15) is 40.8 Å². The van der Waals surface area contributed by atoms with Gasteiger partial charge in [0.15, 0.2) is 0 Å². The SMILES string of the molecule is COC(=O)C(CNC(=O)c1ccc2nc[nH]c2c1)NC(=O)c1sc(C(=O)NCc2cccc(O)c2)cc1C. The number of amides is 3. The summed E-state index contributed by atoms with van der Waals surface area (Å²) in [7, 11) is 1.18. The van der Waals surface area contributed by atoms with E-state index in [0.717, 1.165) is 16.9 Å². The molecule has 3 amide bonds. The van der Waals surface area contributed by atoms with E-state index in [0.29, 0.717) is 27.0 Å². The molecule has 38 heavy (non-hydrogen) atoms. The van der Waals surface area contributed by atoms with Crippen LogP contribution in [0, 0.1) is 6.92 Å². The van der Waals surface area contributed by atoms with Gasteiger partial charge in [-0.1, -0.05) is 12.1 Å². The number of ether oxygens (including phenoxy) is 1. The smallest absolute Gasteiger partial charge is 0.330 e. The Morgan fingerprint density at radius 1 is 1.05 bits per heavy atom. The van der Waals surface area contributed by atoms with Crippen LogP contribution in [0.4, 0.5) is 0 Å². The Bertz CT molecular complexity index is 1510. The van der Waals surface area contributed by atoms with Crippen LogP contribution >= 0.6 is 11.3 Å². The van der Waals surface area contributed by atoms with Gasteiger partial charge in [0, 0.05) is 18.7 Å². The first-order chi connectivity index (χ1) is 18.2. The number of phenolic OH excluding ortho intramolecular Hbond substituents is 1. The number of hydrogen-bond donors (Lipinski definition) is 5. The Labute approximate surface area is 221 Å². The number of aromatic hydroxyl groups is 1. The number of fused-ring (bicyclic) bond motifs is 1. The number of aromatic amines is 1. The van der Waals surface area contributed by atoms with Crippen molar-refractivity contribution in [3.05, 3.63) is 81.3 Å². The average molecular weight is 536 g/mol. The van der Waals surface area contributed by atoms with Crippen LogP contribution in [0.5, 0.6) is 5.75 Å². The van der Waals surface area contributed by atoms with E-state index in [2.05, 4.69) is 25.9 Å². The summed E-state index contributed by atoms with van der Waals surface area (Å²) in [6.07, 6.45) is 1.52. The molecule has 0 aliphatic rings. The van der Waals surface area contributed by atoms with E-state index < -0.39 is 23.8 Å². The molecule has 4 aromatic rings. The van der Waals surface area contributed by atoms with Crippen LogP contribution < -0.4 is 16.0 Å². The van der Waals surface area contributed by atoms with E-state index in [1.165, 1.54) is 19.5 Å². The summed E-state index contributed by atoms with van der Waals surface area (Å²) in [6, 6.07) is 11.9. The first kappa shape index (κ1) is 26.4. The van der Waals surface area contributed by atoms with E-state index in [9.17, 15) is 24.3 Å². The van der Waals surface area contributed by atoms with Crippen molar-refractivity contribution in [3.63, 3.8) is 0 Å². The molecule has 0 radical (unpaired) electrons. The second kappa shape index (κ2) is 11.6. The van der Waals surface area contributed by atoms with Gasteiger partial charge in [-0.25, -0.2) is 9.78 Å². The van der Waals surface area contributed by atoms with Crippen molar-refractivity contribution < 1.29 is 29.0 Å². The molecule has 0 fully saturated rings. The summed E-state index contributed by atoms with van der Waals surface area (Å²) in [5, 5.41) is 17.5. The van der Waals surface area contributed by atoms with Gasteiger partial charge in [-0.15, -0.1) is 11.3 Å². The summed E-state index contributed by atoms with van der Waals surface area (Å²) >= 11 is 0.976. The number of rotatable bonds is 9. The van der Waals surface area contributed by atoms with Crippen molar-refractivity contribution in [1.82, 2.24) is 25.9 Å². The van der Waals surface area contributed by atoms with E-state index in [-0.39, 0.29) is 29.6 Å². The number of nitrogens with one attached hydrogen (secondary N) is 4. The number of carbonyl (C=O) groups excluding carboxylic acids is 4. The lowest BCUT2D eigenvalue weighted by molar-refractivity contribution is -0.142. The van der Waals surface area contributed by atoms with E-state index in [1.807, 2.05) is 0 Å². The summed E-state index contributed by atoms with van der Waals surface area (Å²) in [4.78, 5) is 58.2. The molecule has 196 valence electrons. The fraction of sp³-hybridized carbons (Fsp3) is 0.192. The van der Waals surface area contributed by atoms with Crippen molar-refractivity contribution >= 4 is 46.1 Å². The maximum absolute atomic E-state index is 13.0. The van der Waals surface area contributed by atoms with Crippen LogP contribution in [0.3, 0.4) is 0 Å². The molecule has 0 spiro atoms. The Morgan fingerprint density at radius 2 is 1.87 bits per heavy atom. The molecule has 0 saturated heterocycles. The molecule has 12 heteroatoms. The molecule has 2 aromatic heterocycles. The molecule has 2 heterocycles. The number of methoxy groups -OCH3 is 1. The number of imidazole rings is 1. The van der Waals surface area contributed by atoms with Gasteiger partial charge < -0.3 is 30.8 Å². The van der Waals surface area contributed by atoms with Crippen molar-refractivity contribution in [2.24, 2.45) is 0 Å². The molecular formula is C26H25N5O6S.